The van der Waals surface area contributed by atoms with Crippen LogP contribution in [0.2, 0.25) is 0 Å². The first-order chi connectivity index (χ1) is 6.02. The number of fused-ring (bicyclic) bond motifs is 2. The normalized spacial score (nSPS) is 60.9. The van der Waals surface area contributed by atoms with Crippen LogP contribution in [0.3, 0.4) is 0 Å². The lowest BCUT2D eigenvalue weighted by molar-refractivity contribution is 0.0688. The van der Waals surface area contributed by atoms with Crippen molar-refractivity contribution >= 4 is 0 Å². The fraction of sp³-hybridized carbons (Fsp3) is 1.00. The Kier molecular flexibility index (Phi) is 1.26. The number of hydrogen-bond acceptors (Lipinski definition) is 1. The van der Waals surface area contributed by atoms with Crippen molar-refractivity contribution in [3.05, 3.63) is 0 Å². The van der Waals surface area contributed by atoms with Gasteiger partial charge in [0.15, 0.2) is 0 Å². The molecule has 0 aromatic heterocycles. The fourth-order valence-corrected chi connectivity index (χ4v) is 4.11. The molecule has 13 heavy (non-hydrogen) atoms. The van der Waals surface area contributed by atoms with Gasteiger partial charge < -0.3 is 4.74 Å². The molecule has 0 radical (unpaired) electrons. The van der Waals surface area contributed by atoms with Crippen LogP contribution in [0.25, 0.3) is 0 Å². The minimum atomic E-state index is 0.267. The van der Waals surface area contributed by atoms with Gasteiger partial charge in [-0.2, -0.15) is 0 Å². The molecule has 0 spiro atoms. The standard InChI is InChI=1S/C12H20O/c1-11(2)7-5-9-10(6-8(7)11)12(9,3)13-4/h7-10H,5-6H2,1-4H3/t7-,8+,9-,10+,12?. The summed E-state index contributed by atoms with van der Waals surface area (Å²) >= 11 is 0. The van der Waals surface area contributed by atoms with E-state index in [-0.39, 0.29) is 5.60 Å². The van der Waals surface area contributed by atoms with E-state index in [1.807, 2.05) is 7.11 Å². The topological polar surface area (TPSA) is 9.23 Å². The van der Waals surface area contributed by atoms with Crippen molar-refractivity contribution in [2.45, 2.75) is 39.2 Å². The van der Waals surface area contributed by atoms with Gasteiger partial charge in [0.1, 0.15) is 0 Å². The van der Waals surface area contributed by atoms with E-state index in [1.165, 1.54) is 12.8 Å². The first-order valence-electron chi connectivity index (χ1n) is 5.57. The summed E-state index contributed by atoms with van der Waals surface area (Å²) in [5.74, 6) is 3.82. The summed E-state index contributed by atoms with van der Waals surface area (Å²) in [6, 6.07) is 0. The quantitative estimate of drug-likeness (QED) is 0.603. The molecule has 74 valence electrons. The number of rotatable bonds is 1. The first-order valence-corrected chi connectivity index (χ1v) is 5.57. The Morgan fingerprint density at radius 3 is 1.77 bits per heavy atom. The Morgan fingerprint density at radius 1 is 0.923 bits per heavy atom. The molecule has 0 heterocycles. The van der Waals surface area contributed by atoms with Crippen LogP contribution >= 0.6 is 0 Å². The molecule has 1 heteroatoms. The van der Waals surface area contributed by atoms with Crippen molar-refractivity contribution in [3.63, 3.8) is 0 Å². The molecule has 3 aliphatic rings. The van der Waals surface area contributed by atoms with Gasteiger partial charge >= 0.3 is 0 Å². The van der Waals surface area contributed by atoms with Crippen LogP contribution in [-0.2, 0) is 4.74 Å². The molecule has 0 amide bonds. The largest absolute Gasteiger partial charge is 0.378 e. The predicted octanol–water partition coefficient (Wildman–Crippen LogP) is 2.70. The number of hydrogen-bond donors (Lipinski definition) is 0. The maximum absolute atomic E-state index is 5.63. The summed E-state index contributed by atoms with van der Waals surface area (Å²) in [6.45, 7) is 7.19. The highest BCUT2D eigenvalue weighted by atomic mass is 16.5. The average Bonchev–Trinajstić information content (AvgIpc) is 2.89. The summed E-state index contributed by atoms with van der Waals surface area (Å²) in [5.41, 5.74) is 0.936. The molecule has 3 rings (SSSR count). The van der Waals surface area contributed by atoms with Crippen LogP contribution in [-0.4, -0.2) is 12.7 Å². The molecule has 0 bridgehead atoms. The van der Waals surface area contributed by atoms with Crippen LogP contribution in [0.15, 0.2) is 0 Å². The molecule has 3 aliphatic carbocycles. The van der Waals surface area contributed by atoms with E-state index in [0.717, 1.165) is 23.7 Å². The van der Waals surface area contributed by atoms with Crippen molar-refractivity contribution in [2.24, 2.45) is 29.1 Å². The summed E-state index contributed by atoms with van der Waals surface area (Å²) in [5, 5.41) is 0. The van der Waals surface area contributed by atoms with Gasteiger partial charge in [-0.25, -0.2) is 0 Å². The minimum Gasteiger partial charge on any atom is -0.378 e. The van der Waals surface area contributed by atoms with Gasteiger partial charge in [0, 0.05) is 7.11 Å². The van der Waals surface area contributed by atoms with E-state index < -0.39 is 0 Å². The Balaban J connectivity index is 1.76. The highest BCUT2D eigenvalue weighted by Crippen LogP contribution is 2.75. The van der Waals surface area contributed by atoms with E-state index in [1.54, 1.807) is 0 Å². The van der Waals surface area contributed by atoms with E-state index in [0.29, 0.717) is 5.41 Å². The lowest BCUT2D eigenvalue weighted by Gasteiger charge is -2.09. The third-order valence-electron chi connectivity index (χ3n) is 5.59. The Hall–Kier alpha value is -0.0400. The molecular weight excluding hydrogens is 160 g/mol. The van der Waals surface area contributed by atoms with Gasteiger partial charge in [-0.1, -0.05) is 13.8 Å². The molecule has 1 nitrogen and oxygen atoms in total. The molecule has 0 N–H and O–H groups in total. The third kappa shape index (κ3) is 0.782. The summed E-state index contributed by atoms with van der Waals surface area (Å²) in [6.07, 6.45) is 2.87. The van der Waals surface area contributed by atoms with Crippen molar-refractivity contribution in [2.75, 3.05) is 7.11 Å². The summed E-state index contributed by atoms with van der Waals surface area (Å²) in [4.78, 5) is 0. The Labute approximate surface area is 80.8 Å². The van der Waals surface area contributed by atoms with Gasteiger partial charge in [-0.3, -0.25) is 0 Å². The van der Waals surface area contributed by atoms with E-state index in [4.69, 9.17) is 4.74 Å². The van der Waals surface area contributed by atoms with Gasteiger partial charge in [0.2, 0.25) is 0 Å². The summed E-state index contributed by atoms with van der Waals surface area (Å²) < 4.78 is 5.63. The Morgan fingerprint density at radius 2 is 1.38 bits per heavy atom. The van der Waals surface area contributed by atoms with Crippen molar-refractivity contribution in [1.82, 2.24) is 0 Å². The highest BCUT2D eigenvalue weighted by Gasteiger charge is 2.73. The van der Waals surface area contributed by atoms with E-state index in [9.17, 15) is 0 Å². The average molecular weight is 180 g/mol. The second-order valence-electron chi connectivity index (χ2n) is 6.11. The fourth-order valence-electron chi connectivity index (χ4n) is 4.11. The molecular formula is C12H20O. The monoisotopic (exact) mass is 180 g/mol. The molecule has 0 aromatic carbocycles. The number of methoxy groups -OCH3 is 1. The molecule has 3 fully saturated rings. The second kappa shape index (κ2) is 1.98. The van der Waals surface area contributed by atoms with Crippen LogP contribution in [0.5, 0.6) is 0 Å². The van der Waals surface area contributed by atoms with Crippen LogP contribution < -0.4 is 0 Å². The molecule has 3 saturated carbocycles. The van der Waals surface area contributed by atoms with Gasteiger partial charge in [0.25, 0.3) is 0 Å². The zero-order valence-electron chi connectivity index (χ0n) is 9.13. The van der Waals surface area contributed by atoms with Gasteiger partial charge in [0.05, 0.1) is 5.60 Å². The van der Waals surface area contributed by atoms with Crippen LogP contribution in [0.1, 0.15) is 33.6 Å². The smallest absolute Gasteiger partial charge is 0.0714 e. The first kappa shape index (κ1) is 8.28. The van der Waals surface area contributed by atoms with E-state index in [2.05, 4.69) is 20.8 Å². The van der Waals surface area contributed by atoms with Crippen molar-refractivity contribution < 1.29 is 4.74 Å². The minimum absolute atomic E-state index is 0.267. The molecule has 1 unspecified atom stereocenters. The lowest BCUT2D eigenvalue weighted by atomic mass is 10.0. The van der Waals surface area contributed by atoms with Crippen LogP contribution in [0, 0.1) is 29.1 Å². The molecule has 5 atom stereocenters. The SMILES string of the molecule is COC1(C)[C@@H]2C[C@@H]3[C@H](C[C@@H]21)C3(C)C. The van der Waals surface area contributed by atoms with Crippen molar-refractivity contribution in [3.8, 4) is 0 Å². The molecule has 0 saturated heterocycles. The lowest BCUT2D eigenvalue weighted by Crippen LogP contribution is -2.11. The van der Waals surface area contributed by atoms with Crippen LogP contribution in [0.4, 0.5) is 0 Å². The molecule has 0 aliphatic heterocycles. The van der Waals surface area contributed by atoms with E-state index >= 15 is 0 Å². The predicted molar refractivity (Wildman–Crippen MR) is 52.4 cm³/mol. The zero-order valence-corrected chi connectivity index (χ0v) is 9.13. The maximum atomic E-state index is 5.63. The second-order valence-corrected chi connectivity index (χ2v) is 6.11. The van der Waals surface area contributed by atoms with Gasteiger partial charge in [-0.05, 0) is 48.9 Å². The maximum Gasteiger partial charge on any atom is 0.0714 e. The Bertz CT molecular complexity index is 236. The zero-order chi connectivity index (χ0) is 9.43. The van der Waals surface area contributed by atoms with Crippen molar-refractivity contribution in [1.29, 1.82) is 0 Å². The summed E-state index contributed by atoms with van der Waals surface area (Å²) in [7, 11) is 1.88. The number of ether oxygens (including phenoxy) is 1. The highest BCUT2D eigenvalue weighted by molar-refractivity contribution is 5.22. The van der Waals surface area contributed by atoms with Gasteiger partial charge in [-0.15, -0.1) is 0 Å². The third-order valence-corrected chi connectivity index (χ3v) is 5.59. The molecule has 0 aromatic rings.